The van der Waals surface area contributed by atoms with Gasteiger partial charge >= 0.3 is 0 Å². The maximum atomic E-state index is 13.5. The molecule has 0 unspecified atom stereocenters. The first kappa shape index (κ1) is 33.3. The summed E-state index contributed by atoms with van der Waals surface area (Å²) in [6.07, 6.45) is 10.0. The second kappa shape index (κ2) is 15.9. The lowest BCUT2D eigenvalue weighted by atomic mass is 10.1. The molecule has 0 aliphatic rings. The number of aromatic nitrogens is 2. The van der Waals surface area contributed by atoms with Crippen LogP contribution in [0.2, 0.25) is 0 Å². The van der Waals surface area contributed by atoms with Crippen molar-refractivity contribution in [2.24, 2.45) is 5.73 Å². The molecule has 0 radical (unpaired) electrons. The molecule has 0 saturated carbocycles. The van der Waals surface area contributed by atoms with Gasteiger partial charge in [-0.15, -0.1) is 0 Å². The van der Waals surface area contributed by atoms with Crippen LogP contribution in [0.25, 0.3) is 11.3 Å². The highest BCUT2D eigenvalue weighted by atomic mass is 16.2. The monoisotopic (exact) mass is 598 g/mol. The van der Waals surface area contributed by atoms with E-state index in [1.54, 1.807) is 61.5 Å². The molecule has 11 heteroatoms. The fourth-order valence-corrected chi connectivity index (χ4v) is 4.36. The van der Waals surface area contributed by atoms with Gasteiger partial charge in [0.15, 0.2) is 5.82 Å². The lowest BCUT2D eigenvalue weighted by Gasteiger charge is -2.17. The molecule has 0 fully saturated rings. The minimum Gasteiger partial charge on any atom is -0.399 e. The lowest BCUT2D eigenvalue weighted by molar-refractivity contribution is -0.121. The number of benzene rings is 2. The highest BCUT2D eigenvalue weighted by Crippen LogP contribution is 2.26. The number of hydrogen-bond acceptors (Lipinski definition) is 7. The molecule has 0 spiro atoms. The minimum atomic E-state index is -0.474. The number of allylic oxidation sites excluding steroid dienone is 2. The number of amides is 2. The van der Waals surface area contributed by atoms with Crippen molar-refractivity contribution in [3.8, 4) is 11.3 Å². The maximum Gasteiger partial charge on any atom is 0.294 e. The van der Waals surface area contributed by atoms with Crippen molar-refractivity contribution < 1.29 is 9.59 Å². The van der Waals surface area contributed by atoms with Crippen molar-refractivity contribution >= 4 is 34.8 Å². The van der Waals surface area contributed by atoms with Gasteiger partial charge in [0.25, 0.3) is 11.5 Å². The van der Waals surface area contributed by atoms with Crippen molar-refractivity contribution in [1.82, 2.24) is 14.9 Å². The highest BCUT2D eigenvalue weighted by molar-refractivity contribution is 6.06. The van der Waals surface area contributed by atoms with E-state index in [4.69, 9.17) is 16.9 Å². The Bertz CT molecular complexity index is 1600. The number of carbonyl (C=O) groups excluding carboxylic acids is 2. The van der Waals surface area contributed by atoms with Gasteiger partial charge in [-0.05, 0) is 51.0 Å². The van der Waals surface area contributed by atoms with Crippen LogP contribution in [-0.4, -0.2) is 33.2 Å². The van der Waals surface area contributed by atoms with E-state index in [1.165, 1.54) is 10.8 Å². The number of nitrogens with zero attached hydrogens (tertiary/aromatic N) is 2. The number of rotatable bonds is 14. The summed E-state index contributed by atoms with van der Waals surface area (Å²) in [5.74, 6) is -0.613. The average Bonchev–Trinajstić information content (AvgIpc) is 2.97. The number of carbonyl (C=O) groups is 2. The van der Waals surface area contributed by atoms with E-state index < -0.39 is 11.5 Å². The highest BCUT2D eigenvalue weighted by Gasteiger charge is 2.17. The molecule has 3 rings (SSSR count). The van der Waals surface area contributed by atoms with Crippen LogP contribution in [0.1, 0.15) is 58.1 Å². The number of nitrogens with one attached hydrogen (secondary N) is 4. The smallest absolute Gasteiger partial charge is 0.294 e. The van der Waals surface area contributed by atoms with Crippen molar-refractivity contribution in [2.45, 2.75) is 66.1 Å². The van der Waals surface area contributed by atoms with Gasteiger partial charge in [-0.3, -0.25) is 24.4 Å². The number of nitrogens with two attached hydrogens (primary N) is 2. The fraction of sp³-hybridized carbons (Fsp3) is 0.303. The summed E-state index contributed by atoms with van der Waals surface area (Å²) in [5, 5.41) is 16.3. The van der Waals surface area contributed by atoms with Gasteiger partial charge in [-0.1, -0.05) is 62.3 Å². The third kappa shape index (κ3) is 9.41. The van der Waals surface area contributed by atoms with Crippen molar-refractivity contribution in [3.05, 3.63) is 93.9 Å². The van der Waals surface area contributed by atoms with Gasteiger partial charge in [0.2, 0.25) is 5.91 Å². The maximum absolute atomic E-state index is 13.5. The molecular weight excluding hydrogens is 556 g/mol. The average molecular weight is 599 g/mol. The van der Waals surface area contributed by atoms with Gasteiger partial charge in [0.1, 0.15) is 12.4 Å². The van der Waals surface area contributed by atoms with Crippen molar-refractivity contribution in [2.75, 3.05) is 16.4 Å². The van der Waals surface area contributed by atoms with Crippen LogP contribution >= 0.6 is 0 Å². The Morgan fingerprint density at radius 2 is 1.86 bits per heavy atom. The third-order valence-corrected chi connectivity index (χ3v) is 6.64. The van der Waals surface area contributed by atoms with Crippen LogP contribution in [-0.2, 0) is 22.7 Å². The Hall–Kier alpha value is -5.19. The zero-order valence-electron chi connectivity index (χ0n) is 25.7. The SMILES string of the molecule is C/C=C(\C=C/CCCC)C(=O)Nc1cc(N)cc(-c2cnc(NC(C)C)c(=O)n2CC(=O)NCc2ccc(C(=N)N)cc2)c1. The molecule has 232 valence electrons. The predicted octanol–water partition coefficient (Wildman–Crippen LogP) is 4.54. The molecule has 0 saturated heterocycles. The summed E-state index contributed by atoms with van der Waals surface area (Å²) in [4.78, 5) is 44.0. The zero-order valence-corrected chi connectivity index (χ0v) is 25.7. The quantitative estimate of drug-likeness (QED) is 0.0393. The van der Waals surface area contributed by atoms with Gasteiger partial charge in [-0.25, -0.2) is 4.98 Å². The summed E-state index contributed by atoms with van der Waals surface area (Å²) in [5.41, 5.74) is 14.8. The standard InChI is InChI=1S/C33H42N8O3/c1-5-7-8-9-10-23(6-2)32(43)40-27-16-25(15-26(34)17-27)28-19-38-31(39-21(3)4)33(44)41(28)20-29(42)37-18-22-11-13-24(14-12-22)30(35)36/h6,9-17,19,21H,5,7-8,18,20,34H2,1-4H3,(H3,35,36)(H,37,42)(H,38,39)(H,40,43)/b10-9-,23-6+. The van der Waals surface area contributed by atoms with Crippen LogP contribution in [0.15, 0.2) is 77.3 Å². The Balaban J connectivity index is 1.90. The Labute approximate surface area is 258 Å². The molecule has 0 aliphatic heterocycles. The number of unbranched alkanes of at least 4 members (excludes halogenated alkanes) is 2. The summed E-state index contributed by atoms with van der Waals surface area (Å²) < 4.78 is 1.33. The molecule has 2 aromatic carbocycles. The number of nitrogen functional groups attached to an aromatic ring is 2. The van der Waals surface area contributed by atoms with Crippen LogP contribution in [0, 0.1) is 5.41 Å². The number of anilines is 3. The molecule has 8 N–H and O–H groups in total. The Kier molecular flexibility index (Phi) is 12.0. The molecular formula is C33H42N8O3. The van der Waals surface area contributed by atoms with E-state index in [1.807, 2.05) is 19.9 Å². The molecule has 11 nitrogen and oxygen atoms in total. The Morgan fingerprint density at radius 3 is 2.50 bits per heavy atom. The van der Waals surface area contributed by atoms with Gasteiger partial charge in [0.05, 0.1) is 11.9 Å². The van der Waals surface area contributed by atoms with E-state index in [0.717, 1.165) is 24.8 Å². The van der Waals surface area contributed by atoms with E-state index in [9.17, 15) is 14.4 Å². The first-order chi connectivity index (χ1) is 21.0. The second-order valence-electron chi connectivity index (χ2n) is 10.7. The fourth-order valence-electron chi connectivity index (χ4n) is 4.36. The van der Waals surface area contributed by atoms with E-state index in [2.05, 4.69) is 27.9 Å². The summed E-state index contributed by atoms with van der Waals surface area (Å²) >= 11 is 0. The van der Waals surface area contributed by atoms with E-state index in [-0.39, 0.29) is 36.7 Å². The topological polar surface area (TPSA) is 181 Å². The molecule has 0 atom stereocenters. The van der Waals surface area contributed by atoms with Crippen LogP contribution < -0.4 is 33.0 Å². The minimum absolute atomic E-state index is 0.0400. The largest absolute Gasteiger partial charge is 0.399 e. The molecule has 44 heavy (non-hydrogen) atoms. The van der Waals surface area contributed by atoms with Crippen LogP contribution in [0.5, 0.6) is 0 Å². The molecule has 2 amide bonds. The summed E-state index contributed by atoms with van der Waals surface area (Å²) in [7, 11) is 0. The summed E-state index contributed by atoms with van der Waals surface area (Å²) in [6, 6.07) is 11.9. The molecule has 1 heterocycles. The van der Waals surface area contributed by atoms with Crippen molar-refractivity contribution in [1.29, 1.82) is 5.41 Å². The zero-order chi connectivity index (χ0) is 32.2. The first-order valence-electron chi connectivity index (χ1n) is 14.6. The number of amidine groups is 1. The van der Waals surface area contributed by atoms with Crippen molar-refractivity contribution in [3.63, 3.8) is 0 Å². The second-order valence-corrected chi connectivity index (χ2v) is 10.7. The van der Waals surface area contributed by atoms with Gasteiger partial charge < -0.3 is 27.4 Å². The first-order valence-corrected chi connectivity index (χ1v) is 14.6. The van der Waals surface area contributed by atoms with Crippen LogP contribution in [0.3, 0.4) is 0 Å². The third-order valence-electron chi connectivity index (χ3n) is 6.64. The summed E-state index contributed by atoms with van der Waals surface area (Å²) in [6.45, 7) is 7.62. The lowest BCUT2D eigenvalue weighted by Crippen LogP contribution is -2.35. The van der Waals surface area contributed by atoms with Gasteiger partial charge in [-0.2, -0.15) is 0 Å². The Morgan fingerprint density at radius 1 is 1.14 bits per heavy atom. The number of hydrogen-bond donors (Lipinski definition) is 6. The normalized spacial score (nSPS) is 11.5. The molecule has 3 aromatic rings. The predicted molar refractivity (Wildman–Crippen MR) is 177 cm³/mol. The van der Waals surface area contributed by atoms with E-state index >= 15 is 0 Å². The molecule has 0 aliphatic carbocycles. The van der Waals surface area contributed by atoms with E-state index in [0.29, 0.717) is 33.8 Å². The van der Waals surface area contributed by atoms with Crippen LogP contribution in [0.4, 0.5) is 17.2 Å². The van der Waals surface area contributed by atoms with Gasteiger partial charge in [0, 0.05) is 40.7 Å². The molecule has 1 aromatic heterocycles. The molecule has 0 bridgehead atoms.